The number of hydrogen-bond acceptors (Lipinski definition) is 7. The first kappa shape index (κ1) is 19.0. The van der Waals surface area contributed by atoms with Gasteiger partial charge >= 0.3 is 5.97 Å². The van der Waals surface area contributed by atoms with Crippen molar-refractivity contribution in [3.8, 4) is 11.5 Å². The summed E-state index contributed by atoms with van der Waals surface area (Å²) >= 11 is 0. The molecule has 8 nitrogen and oxygen atoms in total. The van der Waals surface area contributed by atoms with Gasteiger partial charge in [-0.3, -0.25) is 10.1 Å². The Bertz CT molecular complexity index is 613. The van der Waals surface area contributed by atoms with E-state index in [9.17, 15) is 14.9 Å². The van der Waals surface area contributed by atoms with E-state index in [-0.39, 0.29) is 22.7 Å². The molecule has 1 heterocycles. The maximum Gasteiger partial charge on any atom is 0.345 e. The summed E-state index contributed by atoms with van der Waals surface area (Å²) in [6.07, 6.45) is 4.57. The largest absolute Gasteiger partial charge is 0.493 e. The standard InChI is InChI=1S/C17H24N2O6/c1-23-15-11-13(17(20)24-2)14(19(21)22)12-16(15)25-10-6-9-18-7-4-3-5-8-18/h11-12H,3-10H2,1-2H3. The Morgan fingerprint density at radius 1 is 1.20 bits per heavy atom. The number of methoxy groups -OCH3 is 2. The number of esters is 1. The highest BCUT2D eigenvalue weighted by Gasteiger charge is 2.25. The van der Waals surface area contributed by atoms with E-state index in [1.54, 1.807) is 0 Å². The monoisotopic (exact) mass is 352 g/mol. The molecule has 0 radical (unpaired) electrons. The number of hydrogen-bond donors (Lipinski definition) is 0. The molecule has 0 atom stereocenters. The van der Waals surface area contributed by atoms with Gasteiger partial charge in [0.15, 0.2) is 11.5 Å². The number of likely N-dealkylation sites (tertiary alicyclic amines) is 1. The summed E-state index contributed by atoms with van der Waals surface area (Å²) in [7, 11) is 2.59. The number of carbonyl (C=O) groups excluding carboxylic acids is 1. The van der Waals surface area contributed by atoms with Crippen molar-refractivity contribution in [3.05, 3.63) is 27.8 Å². The number of ether oxygens (including phenoxy) is 3. The van der Waals surface area contributed by atoms with Gasteiger partial charge in [0, 0.05) is 12.6 Å². The first-order valence-corrected chi connectivity index (χ1v) is 8.36. The highest BCUT2D eigenvalue weighted by Crippen LogP contribution is 2.35. The zero-order chi connectivity index (χ0) is 18.2. The fourth-order valence-electron chi connectivity index (χ4n) is 2.90. The zero-order valence-electron chi connectivity index (χ0n) is 14.7. The predicted octanol–water partition coefficient (Wildman–Crippen LogP) is 2.64. The number of piperidine rings is 1. The molecule has 1 aromatic rings. The number of nitrogens with zero attached hydrogens (tertiary/aromatic N) is 2. The zero-order valence-corrected chi connectivity index (χ0v) is 14.7. The molecule has 138 valence electrons. The van der Waals surface area contributed by atoms with Crippen LogP contribution in [0.3, 0.4) is 0 Å². The average Bonchev–Trinajstić information content (AvgIpc) is 2.64. The van der Waals surface area contributed by atoms with Crippen LogP contribution in [-0.2, 0) is 4.74 Å². The van der Waals surface area contributed by atoms with Crippen LogP contribution in [0.1, 0.15) is 36.0 Å². The highest BCUT2D eigenvalue weighted by molar-refractivity contribution is 5.94. The summed E-state index contributed by atoms with van der Waals surface area (Å²) in [5.41, 5.74) is -0.524. The maximum absolute atomic E-state index is 11.7. The number of rotatable bonds is 8. The lowest BCUT2D eigenvalue weighted by atomic mass is 10.1. The lowest BCUT2D eigenvalue weighted by Gasteiger charge is -2.26. The molecule has 1 aliphatic heterocycles. The molecule has 1 saturated heterocycles. The third kappa shape index (κ3) is 5.06. The second-order valence-corrected chi connectivity index (χ2v) is 5.87. The molecule has 0 N–H and O–H groups in total. The SMILES string of the molecule is COC(=O)c1cc(OC)c(OCCCN2CCCCC2)cc1[N+](=O)[O-]. The Kier molecular flexibility index (Phi) is 7.00. The van der Waals surface area contributed by atoms with Crippen LogP contribution < -0.4 is 9.47 Å². The van der Waals surface area contributed by atoms with Crippen LogP contribution in [0.2, 0.25) is 0 Å². The molecule has 0 aliphatic carbocycles. The van der Waals surface area contributed by atoms with E-state index in [1.807, 2.05) is 0 Å². The fraction of sp³-hybridized carbons (Fsp3) is 0.588. The van der Waals surface area contributed by atoms with Crippen LogP contribution in [0.15, 0.2) is 12.1 Å². The van der Waals surface area contributed by atoms with E-state index in [4.69, 9.17) is 9.47 Å². The quantitative estimate of drug-likeness (QED) is 0.307. The minimum absolute atomic E-state index is 0.162. The van der Waals surface area contributed by atoms with E-state index < -0.39 is 10.9 Å². The Labute approximate surface area is 146 Å². The van der Waals surface area contributed by atoms with Gasteiger partial charge in [0.2, 0.25) is 0 Å². The highest BCUT2D eigenvalue weighted by atomic mass is 16.6. The molecule has 0 unspecified atom stereocenters. The normalized spacial score (nSPS) is 14.8. The van der Waals surface area contributed by atoms with Gasteiger partial charge in [-0.2, -0.15) is 0 Å². The van der Waals surface area contributed by atoms with Crippen LogP contribution in [0.4, 0.5) is 5.69 Å². The van der Waals surface area contributed by atoms with Gasteiger partial charge in [-0.15, -0.1) is 0 Å². The molecule has 0 aromatic heterocycles. The third-order valence-electron chi connectivity index (χ3n) is 4.21. The Hall–Kier alpha value is -2.35. The molecule has 1 aliphatic rings. The minimum atomic E-state index is -0.790. The van der Waals surface area contributed by atoms with Gasteiger partial charge in [0.25, 0.3) is 5.69 Å². The lowest BCUT2D eigenvalue weighted by molar-refractivity contribution is -0.385. The van der Waals surface area contributed by atoms with E-state index in [1.165, 1.54) is 45.6 Å². The van der Waals surface area contributed by atoms with Gasteiger partial charge in [0.05, 0.1) is 31.8 Å². The first-order valence-electron chi connectivity index (χ1n) is 8.36. The fourth-order valence-corrected chi connectivity index (χ4v) is 2.90. The van der Waals surface area contributed by atoms with Crippen LogP contribution in [0.25, 0.3) is 0 Å². The van der Waals surface area contributed by atoms with Crippen molar-refractivity contribution in [2.24, 2.45) is 0 Å². The molecular weight excluding hydrogens is 328 g/mol. The second-order valence-electron chi connectivity index (χ2n) is 5.87. The molecule has 0 spiro atoms. The van der Waals surface area contributed by atoms with Crippen molar-refractivity contribution < 1.29 is 23.9 Å². The molecule has 25 heavy (non-hydrogen) atoms. The molecule has 1 fully saturated rings. The van der Waals surface area contributed by atoms with Crippen LogP contribution >= 0.6 is 0 Å². The third-order valence-corrected chi connectivity index (χ3v) is 4.21. The molecular formula is C17H24N2O6. The summed E-state index contributed by atoms with van der Waals surface area (Å²) in [4.78, 5) is 24.7. The average molecular weight is 352 g/mol. The predicted molar refractivity (Wildman–Crippen MR) is 91.4 cm³/mol. The number of nitro groups is 1. The molecule has 2 rings (SSSR count). The van der Waals surface area contributed by atoms with Gasteiger partial charge in [0.1, 0.15) is 5.56 Å². The smallest absolute Gasteiger partial charge is 0.345 e. The molecule has 1 aromatic carbocycles. The molecule has 0 saturated carbocycles. The topological polar surface area (TPSA) is 91.1 Å². The molecule has 0 bridgehead atoms. The van der Waals surface area contributed by atoms with E-state index in [0.29, 0.717) is 6.61 Å². The number of nitro benzene ring substituents is 1. The Morgan fingerprint density at radius 2 is 1.92 bits per heavy atom. The van der Waals surface area contributed by atoms with Crippen molar-refractivity contribution in [2.45, 2.75) is 25.7 Å². The lowest BCUT2D eigenvalue weighted by Crippen LogP contribution is -2.31. The molecule has 0 amide bonds. The summed E-state index contributed by atoms with van der Waals surface area (Å²) < 4.78 is 15.5. The van der Waals surface area contributed by atoms with Crippen LogP contribution in [0.5, 0.6) is 11.5 Å². The van der Waals surface area contributed by atoms with Crippen LogP contribution in [-0.4, -0.2) is 56.3 Å². The summed E-state index contributed by atoms with van der Waals surface area (Å²) in [6, 6.07) is 2.50. The number of carbonyl (C=O) groups is 1. The van der Waals surface area contributed by atoms with Gasteiger partial charge < -0.3 is 19.1 Å². The number of benzene rings is 1. The van der Waals surface area contributed by atoms with E-state index >= 15 is 0 Å². The Morgan fingerprint density at radius 3 is 2.52 bits per heavy atom. The van der Waals surface area contributed by atoms with Crippen molar-refractivity contribution >= 4 is 11.7 Å². The molecule has 8 heteroatoms. The second kappa shape index (κ2) is 9.22. The summed E-state index contributed by atoms with van der Waals surface area (Å²) in [6.45, 7) is 3.58. The van der Waals surface area contributed by atoms with Crippen LogP contribution in [0, 0.1) is 10.1 Å². The van der Waals surface area contributed by atoms with Gasteiger partial charge in [-0.05, 0) is 32.4 Å². The minimum Gasteiger partial charge on any atom is -0.493 e. The van der Waals surface area contributed by atoms with Gasteiger partial charge in [-0.1, -0.05) is 6.42 Å². The van der Waals surface area contributed by atoms with Crippen molar-refractivity contribution in [3.63, 3.8) is 0 Å². The van der Waals surface area contributed by atoms with Crippen molar-refractivity contribution in [2.75, 3.05) is 40.5 Å². The Balaban J connectivity index is 2.04. The maximum atomic E-state index is 11.7. The summed E-state index contributed by atoms with van der Waals surface area (Å²) in [5.74, 6) is -0.272. The summed E-state index contributed by atoms with van der Waals surface area (Å²) in [5, 5.41) is 11.2. The van der Waals surface area contributed by atoms with E-state index in [0.717, 1.165) is 26.1 Å². The van der Waals surface area contributed by atoms with Crippen molar-refractivity contribution in [1.82, 2.24) is 4.90 Å². The van der Waals surface area contributed by atoms with Gasteiger partial charge in [-0.25, -0.2) is 4.79 Å². The first-order chi connectivity index (χ1) is 12.1. The van der Waals surface area contributed by atoms with E-state index in [2.05, 4.69) is 9.64 Å². The van der Waals surface area contributed by atoms with Crippen molar-refractivity contribution in [1.29, 1.82) is 0 Å².